The van der Waals surface area contributed by atoms with Crippen molar-refractivity contribution in [1.82, 2.24) is 4.90 Å². The Morgan fingerprint density at radius 3 is 2.85 bits per heavy atom. The summed E-state index contributed by atoms with van der Waals surface area (Å²) in [6, 6.07) is 12.1. The third kappa shape index (κ3) is 2.62. The normalized spacial score (nSPS) is 18.8. The molecule has 0 amide bonds. The Labute approximate surface area is 122 Å². The van der Waals surface area contributed by atoms with Gasteiger partial charge in [0.25, 0.3) is 0 Å². The summed E-state index contributed by atoms with van der Waals surface area (Å²) in [5.74, 6) is -1.15. The first-order chi connectivity index (χ1) is 9.63. The van der Waals surface area contributed by atoms with E-state index in [1.165, 1.54) is 9.75 Å². The molecule has 0 bridgehead atoms. The van der Waals surface area contributed by atoms with E-state index in [1.54, 1.807) is 11.3 Å². The second kappa shape index (κ2) is 5.38. The molecule has 4 heteroatoms. The van der Waals surface area contributed by atoms with Crippen LogP contribution < -0.4 is 0 Å². The Kier molecular flexibility index (Phi) is 3.59. The van der Waals surface area contributed by atoms with Crippen molar-refractivity contribution in [2.45, 2.75) is 25.9 Å². The lowest BCUT2D eigenvalue weighted by Crippen LogP contribution is -2.36. The highest BCUT2D eigenvalue weighted by Crippen LogP contribution is 2.30. The lowest BCUT2D eigenvalue weighted by Gasteiger charge is -2.32. The molecule has 0 fully saturated rings. The average Bonchev–Trinajstić information content (AvgIpc) is 2.83. The van der Waals surface area contributed by atoms with E-state index in [1.807, 2.05) is 24.3 Å². The van der Waals surface area contributed by atoms with Gasteiger partial charge in [0.2, 0.25) is 0 Å². The lowest BCUT2D eigenvalue weighted by atomic mass is 9.90. The number of carbonyl (C=O) groups is 1. The van der Waals surface area contributed by atoms with Crippen molar-refractivity contribution in [1.29, 1.82) is 0 Å². The van der Waals surface area contributed by atoms with E-state index in [2.05, 4.69) is 24.0 Å². The molecular weight excluding hydrogens is 270 g/mol. The third-order valence-electron chi connectivity index (χ3n) is 3.74. The van der Waals surface area contributed by atoms with Crippen molar-refractivity contribution in [2.75, 3.05) is 6.54 Å². The van der Waals surface area contributed by atoms with Crippen LogP contribution in [-0.2, 0) is 17.9 Å². The average molecular weight is 287 g/mol. The van der Waals surface area contributed by atoms with Gasteiger partial charge in [0.15, 0.2) is 0 Å². The number of hydrogen-bond donors (Lipinski definition) is 1. The van der Waals surface area contributed by atoms with Crippen molar-refractivity contribution in [3.8, 4) is 0 Å². The monoisotopic (exact) mass is 287 g/mol. The molecule has 0 radical (unpaired) electrons. The fraction of sp³-hybridized carbons (Fsp3) is 0.312. The van der Waals surface area contributed by atoms with Crippen LogP contribution in [-0.4, -0.2) is 22.5 Å². The van der Waals surface area contributed by atoms with Crippen molar-refractivity contribution >= 4 is 17.3 Å². The molecule has 1 aliphatic heterocycles. The van der Waals surface area contributed by atoms with Gasteiger partial charge >= 0.3 is 5.97 Å². The number of hydrogen-bond acceptors (Lipinski definition) is 3. The van der Waals surface area contributed by atoms with E-state index in [9.17, 15) is 9.90 Å². The number of nitrogens with zero attached hydrogens (tertiary/aromatic N) is 1. The molecule has 1 atom stereocenters. The predicted octanol–water partition coefficient (Wildman–Crippen LogP) is 3.24. The van der Waals surface area contributed by atoms with Crippen molar-refractivity contribution < 1.29 is 9.90 Å². The topological polar surface area (TPSA) is 40.5 Å². The summed E-state index contributed by atoms with van der Waals surface area (Å²) in [6.45, 7) is 4.34. The quantitative estimate of drug-likeness (QED) is 0.942. The lowest BCUT2D eigenvalue weighted by molar-refractivity contribution is -0.139. The zero-order valence-electron chi connectivity index (χ0n) is 11.4. The van der Waals surface area contributed by atoms with Crippen LogP contribution in [0, 0.1) is 6.92 Å². The van der Waals surface area contributed by atoms with Crippen LogP contribution in [0.5, 0.6) is 0 Å². The van der Waals surface area contributed by atoms with Crippen molar-refractivity contribution in [3.63, 3.8) is 0 Å². The highest BCUT2D eigenvalue weighted by molar-refractivity contribution is 7.11. The Hall–Kier alpha value is -1.65. The Morgan fingerprint density at radius 2 is 2.15 bits per heavy atom. The first-order valence-corrected chi connectivity index (χ1v) is 7.53. The fourth-order valence-corrected chi connectivity index (χ4v) is 3.74. The minimum Gasteiger partial charge on any atom is -0.481 e. The molecule has 0 spiro atoms. The summed E-state index contributed by atoms with van der Waals surface area (Å²) in [4.78, 5) is 16.3. The van der Waals surface area contributed by atoms with Gasteiger partial charge in [0.1, 0.15) is 0 Å². The minimum atomic E-state index is -0.732. The van der Waals surface area contributed by atoms with Gasteiger partial charge in [-0.2, -0.15) is 0 Å². The maximum absolute atomic E-state index is 11.5. The van der Waals surface area contributed by atoms with Gasteiger partial charge in [0, 0.05) is 29.4 Å². The van der Waals surface area contributed by atoms with Gasteiger partial charge in [-0.3, -0.25) is 9.69 Å². The molecule has 2 aromatic rings. The molecule has 1 aromatic heterocycles. The second-order valence-electron chi connectivity index (χ2n) is 5.27. The molecule has 1 aromatic carbocycles. The summed E-state index contributed by atoms with van der Waals surface area (Å²) >= 11 is 1.78. The first-order valence-electron chi connectivity index (χ1n) is 6.72. The predicted molar refractivity (Wildman–Crippen MR) is 80.0 cm³/mol. The number of fused-ring (bicyclic) bond motifs is 1. The van der Waals surface area contributed by atoms with Gasteiger partial charge in [-0.1, -0.05) is 24.3 Å². The molecule has 3 nitrogen and oxygen atoms in total. The zero-order chi connectivity index (χ0) is 14.1. The van der Waals surface area contributed by atoms with Crippen molar-refractivity contribution in [2.24, 2.45) is 0 Å². The van der Waals surface area contributed by atoms with Crippen molar-refractivity contribution in [3.05, 3.63) is 57.3 Å². The summed E-state index contributed by atoms with van der Waals surface area (Å²) in [6.07, 6.45) is 0. The van der Waals surface area contributed by atoms with Crippen LogP contribution in [0.1, 0.15) is 26.8 Å². The van der Waals surface area contributed by atoms with Crippen LogP contribution in [0.4, 0.5) is 0 Å². The molecule has 0 aliphatic carbocycles. The number of rotatable bonds is 3. The number of thiophene rings is 1. The van der Waals surface area contributed by atoms with Gasteiger partial charge < -0.3 is 5.11 Å². The maximum atomic E-state index is 11.5. The van der Waals surface area contributed by atoms with E-state index < -0.39 is 11.9 Å². The summed E-state index contributed by atoms with van der Waals surface area (Å²) < 4.78 is 0. The molecule has 1 unspecified atom stereocenters. The zero-order valence-corrected chi connectivity index (χ0v) is 12.2. The molecule has 0 saturated heterocycles. The Bertz CT molecular complexity index is 635. The minimum absolute atomic E-state index is 0.416. The van der Waals surface area contributed by atoms with Crippen LogP contribution >= 0.6 is 11.3 Å². The highest BCUT2D eigenvalue weighted by atomic mass is 32.1. The molecule has 104 valence electrons. The van der Waals surface area contributed by atoms with Gasteiger partial charge in [0.05, 0.1) is 5.92 Å². The highest BCUT2D eigenvalue weighted by Gasteiger charge is 2.30. The van der Waals surface area contributed by atoms with Crippen LogP contribution in [0.15, 0.2) is 36.4 Å². The summed E-state index contributed by atoms with van der Waals surface area (Å²) in [5.41, 5.74) is 2.11. The number of benzene rings is 1. The van der Waals surface area contributed by atoms with E-state index in [4.69, 9.17) is 0 Å². The Morgan fingerprint density at radius 1 is 1.35 bits per heavy atom. The van der Waals surface area contributed by atoms with Gasteiger partial charge in [-0.25, -0.2) is 0 Å². The van der Waals surface area contributed by atoms with Crippen LogP contribution in [0.2, 0.25) is 0 Å². The standard InChI is InChI=1S/C16H17NO2S/c1-11-6-7-13(20-11)9-17-8-12-4-2-3-5-14(12)15(10-17)16(18)19/h2-7,15H,8-10H2,1H3,(H,18,19). The van der Waals surface area contributed by atoms with Crippen LogP contribution in [0.3, 0.4) is 0 Å². The van der Waals surface area contributed by atoms with E-state index >= 15 is 0 Å². The first kappa shape index (κ1) is 13.3. The molecule has 20 heavy (non-hydrogen) atoms. The molecule has 3 rings (SSSR count). The van der Waals surface area contributed by atoms with Gasteiger partial charge in [-0.15, -0.1) is 11.3 Å². The second-order valence-corrected chi connectivity index (χ2v) is 6.64. The fourth-order valence-electron chi connectivity index (χ4n) is 2.80. The van der Waals surface area contributed by atoms with E-state index in [0.29, 0.717) is 6.54 Å². The number of aryl methyl sites for hydroxylation is 1. The smallest absolute Gasteiger partial charge is 0.312 e. The van der Waals surface area contributed by atoms with E-state index in [-0.39, 0.29) is 0 Å². The number of carboxylic acids is 1. The molecule has 2 heterocycles. The maximum Gasteiger partial charge on any atom is 0.312 e. The largest absolute Gasteiger partial charge is 0.481 e. The Balaban J connectivity index is 1.84. The molecule has 1 N–H and O–H groups in total. The van der Waals surface area contributed by atoms with Crippen LogP contribution in [0.25, 0.3) is 0 Å². The third-order valence-corrected chi connectivity index (χ3v) is 4.72. The SMILES string of the molecule is Cc1ccc(CN2Cc3ccccc3C(C(=O)O)C2)s1. The van der Waals surface area contributed by atoms with E-state index in [0.717, 1.165) is 24.2 Å². The number of aliphatic carboxylic acids is 1. The molecule has 0 saturated carbocycles. The summed E-state index contributed by atoms with van der Waals surface area (Å²) in [7, 11) is 0. The number of carboxylic acid groups (broad SMARTS) is 1. The van der Waals surface area contributed by atoms with Gasteiger partial charge in [-0.05, 0) is 30.2 Å². The summed E-state index contributed by atoms with van der Waals surface area (Å²) in [5, 5.41) is 9.45. The molecule has 1 aliphatic rings. The molecular formula is C16H17NO2S.